The normalized spacial score (nSPS) is 14.7. The number of amides is 1. The molecule has 0 aromatic heterocycles. The van der Waals surface area contributed by atoms with Gasteiger partial charge in [-0.1, -0.05) is 6.07 Å². The van der Waals surface area contributed by atoms with Gasteiger partial charge in [-0.3, -0.25) is 4.79 Å². The second kappa shape index (κ2) is 8.77. The molecule has 0 bridgehead atoms. The maximum atomic E-state index is 13.0. The third kappa shape index (κ3) is 4.34. The van der Waals surface area contributed by atoms with E-state index in [1.807, 2.05) is 23.1 Å². The van der Waals surface area contributed by atoms with E-state index < -0.39 is 0 Å². The van der Waals surface area contributed by atoms with Crippen LogP contribution in [0.2, 0.25) is 0 Å². The smallest absolute Gasteiger partial charge is 0.258 e. The molecule has 1 fully saturated rings. The van der Waals surface area contributed by atoms with E-state index in [1.165, 1.54) is 10.5 Å². The number of quaternary nitrogens is 1. The van der Waals surface area contributed by atoms with E-state index >= 15 is 0 Å². The Morgan fingerprint density at radius 3 is 2.26 bits per heavy atom. The van der Waals surface area contributed by atoms with Gasteiger partial charge in [0.1, 0.15) is 12.3 Å². The minimum atomic E-state index is -0.00533. The van der Waals surface area contributed by atoms with E-state index in [-0.39, 0.29) is 5.91 Å². The summed E-state index contributed by atoms with van der Waals surface area (Å²) in [5.41, 5.74) is 1.83. The molecule has 27 heavy (non-hydrogen) atoms. The zero-order valence-corrected chi connectivity index (χ0v) is 16.2. The molecule has 1 saturated heterocycles. The van der Waals surface area contributed by atoms with Gasteiger partial charge in [-0.05, 0) is 36.4 Å². The number of nitrogens with one attached hydrogen (secondary N) is 1. The number of piperazine rings is 1. The van der Waals surface area contributed by atoms with Crippen LogP contribution in [-0.4, -0.2) is 58.3 Å². The molecular formula is C21H27N2O4+. The number of para-hydroxylation sites is 1. The molecule has 0 unspecified atom stereocenters. The highest BCUT2D eigenvalue weighted by Crippen LogP contribution is 2.31. The number of methoxy groups -OCH3 is 3. The van der Waals surface area contributed by atoms with Gasteiger partial charge in [0.05, 0.1) is 53.1 Å². The molecular weight excluding hydrogens is 344 g/mol. The maximum Gasteiger partial charge on any atom is 0.258 e. The van der Waals surface area contributed by atoms with Crippen LogP contribution in [0.15, 0.2) is 42.5 Å². The molecule has 0 spiro atoms. The van der Waals surface area contributed by atoms with Crippen molar-refractivity contribution in [2.24, 2.45) is 0 Å². The maximum absolute atomic E-state index is 13.0. The van der Waals surface area contributed by atoms with Crippen LogP contribution >= 0.6 is 0 Å². The van der Waals surface area contributed by atoms with Gasteiger partial charge in [-0.15, -0.1) is 0 Å². The zero-order chi connectivity index (χ0) is 19.2. The van der Waals surface area contributed by atoms with E-state index in [0.29, 0.717) is 17.1 Å². The predicted molar refractivity (Wildman–Crippen MR) is 103 cm³/mol. The van der Waals surface area contributed by atoms with E-state index in [1.54, 1.807) is 33.5 Å². The lowest BCUT2D eigenvalue weighted by Crippen LogP contribution is -3.13. The first-order valence-corrected chi connectivity index (χ1v) is 9.13. The van der Waals surface area contributed by atoms with Crippen molar-refractivity contribution in [1.29, 1.82) is 0 Å². The van der Waals surface area contributed by atoms with E-state index in [4.69, 9.17) is 14.2 Å². The van der Waals surface area contributed by atoms with Crippen LogP contribution in [0.5, 0.6) is 17.2 Å². The Hall–Kier alpha value is -2.73. The molecule has 1 aliphatic heterocycles. The van der Waals surface area contributed by atoms with Crippen LogP contribution in [0.4, 0.5) is 0 Å². The summed E-state index contributed by atoms with van der Waals surface area (Å²) in [5.74, 6) is 1.94. The Kier molecular flexibility index (Phi) is 6.19. The molecule has 144 valence electrons. The van der Waals surface area contributed by atoms with Crippen LogP contribution in [0.3, 0.4) is 0 Å². The van der Waals surface area contributed by atoms with Gasteiger partial charge < -0.3 is 24.0 Å². The molecule has 6 nitrogen and oxygen atoms in total. The lowest BCUT2D eigenvalue weighted by molar-refractivity contribution is -0.917. The number of carbonyl (C=O) groups excluding carboxylic acids is 1. The SMILES string of the molecule is COc1ccc(C[NH+]2CCN(C(=O)c3cccc(OC)c3OC)CC2)cc1. The Morgan fingerprint density at radius 1 is 0.963 bits per heavy atom. The van der Waals surface area contributed by atoms with Crippen molar-refractivity contribution in [3.8, 4) is 17.2 Å². The summed E-state index contributed by atoms with van der Waals surface area (Å²) in [7, 11) is 4.81. The molecule has 1 heterocycles. The minimum absolute atomic E-state index is 0.00533. The zero-order valence-electron chi connectivity index (χ0n) is 16.2. The first-order valence-electron chi connectivity index (χ1n) is 9.13. The lowest BCUT2D eigenvalue weighted by atomic mass is 10.1. The molecule has 0 aliphatic carbocycles. The van der Waals surface area contributed by atoms with Crippen LogP contribution in [0.25, 0.3) is 0 Å². The average molecular weight is 371 g/mol. The summed E-state index contributed by atoms with van der Waals surface area (Å²) in [6.07, 6.45) is 0. The second-order valence-corrected chi connectivity index (χ2v) is 6.61. The topological polar surface area (TPSA) is 52.4 Å². The van der Waals surface area contributed by atoms with Crippen molar-refractivity contribution in [2.45, 2.75) is 6.54 Å². The van der Waals surface area contributed by atoms with Crippen molar-refractivity contribution in [3.63, 3.8) is 0 Å². The quantitative estimate of drug-likeness (QED) is 0.831. The highest BCUT2D eigenvalue weighted by atomic mass is 16.5. The number of benzene rings is 2. The number of ether oxygens (including phenoxy) is 3. The molecule has 0 radical (unpaired) electrons. The largest absolute Gasteiger partial charge is 0.497 e. The first kappa shape index (κ1) is 19.0. The molecule has 1 N–H and O–H groups in total. The number of hydrogen-bond acceptors (Lipinski definition) is 4. The number of hydrogen-bond donors (Lipinski definition) is 1. The van der Waals surface area contributed by atoms with Gasteiger partial charge in [0.15, 0.2) is 11.5 Å². The van der Waals surface area contributed by atoms with Gasteiger partial charge in [-0.25, -0.2) is 0 Å². The molecule has 1 aliphatic rings. The summed E-state index contributed by atoms with van der Waals surface area (Å²) in [6.45, 7) is 4.25. The second-order valence-electron chi connectivity index (χ2n) is 6.61. The molecule has 3 rings (SSSR count). The van der Waals surface area contributed by atoms with Crippen molar-refractivity contribution in [3.05, 3.63) is 53.6 Å². The standard InChI is InChI=1S/C21H26N2O4/c1-25-17-9-7-16(8-10-17)15-22-11-13-23(14-12-22)21(24)18-5-4-6-19(26-2)20(18)27-3/h4-10H,11-15H2,1-3H3/p+1. The highest BCUT2D eigenvalue weighted by Gasteiger charge is 2.27. The molecule has 2 aromatic carbocycles. The monoisotopic (exact) mass is 371 g/mol. The number of rotatable bonds is 6. The van der Waals surface area contributed by atoms with Crippen molar-refractivity contribution in [1.82, 2.24) is 4.90 Å². The number of nitrogens with zero attached hydrogens (tertiary/aromatic N) is 1. The summed E-state index contributed by atoms with van der Waals surface area (Å²) >= 11 is 0. The van der Waals surface area contributed by atoms with Crippen molar-refractivity contribution in [2.75, 3.05) is 47.5 Å². The van der Waals surface area contributed by atoms with Crippen LogP contribution in [0.1, 0.15) is 15.9 Å². The van der Waals surface area contributed by atoms with Crippen LogP contribution in [0, 0.1) is 0 Å². The van der Waals surface area contributed by atoms with E-state index in [9.17, 15) is 4.79 Å². The van der Waals surface area contributed by atoms with Crippen molar-refractivity contribution >= 4 is 5.91 Å². The third-order valence-electron chi connectivity index (χ3n) is 5.00. The fourth-order valence-electron chi connectivity index (χ4n) is 3.46. The number of carbonyl (C=O) groups is 1. The molecule has 1 amide bonds. The van der Waals surface area contributed by atoms with Crippen LogP contribution in [-0.2, 0) is 6.54 Å². The van der Waals surface area contributed by atoms with Gasteiger partial charge >= 0.3 is 0 Å². The predicted octanol–water partition coefficient (Wildman–Crippen LogP) is 1.25. The van der Waals surface area contributed by atoms with Gasteiger partial charge in [0.2, 0.25) is 0 Å². The van der Waals surface area contributed by atoms with Gasteiger partial charge in [0, 0.05) is 5.56 Å². The molecule has 6 heteroatoms. The van der Waals surface area contributed by atoms with Crippen LogP contribution < -0.4 is 19.1 Å². The molecule has 2 aromatic rings. The fourth-order valence-corrected chi connectivity index (χ4v) is 3.46. The van der Waals surface area contributed by atoms with Crippen molar-refractivity contribution < 1.29 is 23.9 Å². The summed E-state index contributed by atoms with van der Waals surface area (Å²) in [6, 6.07) is 13.6. The van der Waals surface area contributed by atoms with E-state index in [0.717, 1.165) is 38.5 Å². The third-order valence-corrected chi connectivity index (χ3v) is 5.00. The Bertz CT molecular complexity index is 768. The Morgan fingerprint density at radius 2 is 1.67 bits per heavy atom. The van der Waals surface area contributed by atoms with Gasteiger partial charge in [-0.2, -0.15) is 0 Å². The lowest BCUT2D eigenvalue weighted by Gasteiger charge is -2.32. The summed E-state index contributed by atoms with van der Waals surface area (Å²) in [5, 5.41) is 0. The molecule has 0 saturated carbocycles. The minimum Gasteiger partial charge on any atom is -0.497 e. The summed E-state index contributed by atoms with van der Waals surface area (Å²) in [4.78, 5) is 16.3. The Labute approximate surface area is 160 Å². The Balaban J connectivity index is 1.61. The molecule has 0 atom stereocenters. The van der Waals surface area contributed by atoms with Gasteiger partial charge in [0.25, 0.3) is 5.91 Å². The van der Waals surface area contributed by atoms with E-state index in [2.05, 4.69) is 12.1 Å². The average Bonchev–Trinajstić information content (AvgIpc) is 2.73. The fraction of sp³-hybridized carbons (Fsp3) is 0.381. The summed E-state index contributed by atoms with van der Waals surface area (Å²) < 4.78 is 15.9. The first-order chi connectivity index (χ1) is 13.2. The highest BCUT2D eigenvalue weighted by molar-refractivity contribution is 5.97.